The molecule has 0 spiro atoms. The fourth-order valence-electron chi connectivity index (χ4n) is 4.23. The summed E-state index contributed by atoms with van der Waals surface area (Å²) < 4.78 is 5.44. The fraction of sp³-hybridized carbons (Fsp3) is 0.231. The lowest BCUT2D eigenvalue weighted by Gasteiger charge is -2.21. The maximum Gasteiger partial charge on any atom is 0.407 e. The first-order valence-corrected chi connectivity index (χ1v) is 10.5. The Morgan fingerprint density at radius 1 is 0.906 bits per heavy atom. The van der Waals surface area contributed by atoms with Gasteiger partial charge in [-0.15, -0.1) is 0 Å². The summed E-state index contributed by atoms with van der Waals surface area (Å²) in [6, 6.07) is 22.6. The van der Waals surface area contributed by atoms with Gasteiger partial charge in [0.25, 0.3) is 0 Å². The minimum atomic E-state index is -1.32. The van der Waals surface area contributed by atoms with Crippen molar-refractivity contribution in [2.45, 2.75) is 25.0 Å². The molecule has 4 rings (SSSR count). The number of benzene rings is 3. The monoisotopic (exact) mass is 431 g/mol. The van der Waals surface area contributed by atoms with Gasteiger partial charge < -0.3 is 20.3 Å². The van der Waals surface area contributed by atoms with E-state index in [0.717, 1.165) is 22.3 Å². The number of amides is 1. The van der Waals surface area contributed by atoms with E-state index in [9.17, 15) is 19.8 Å². The van der Waals surface area contributed by atoms with Crippen LogP contribution in [-0.4, -0.2) is 41.3 Å². The highest BCUT2D eigenvalue weighted by atomic mass is 16.5. The van der Waals surface area contributed by atoms with Crippen molar-refractivity contribution < 1.29 is 24.5 Å². The van der Waals surface area contributed by atoms with Gasteiger partial charge in [-0.3, -0.25) is 4.79 Å². The molecule has 3 aromatic carbocycles. The molecule has 0 saturated carbocycles. The summed E-state index contributed by atoms with van der Waals surface area (Å²) in [6.45, 7) is 1.34. The van der Waals surface area contributed by atoms with Gasteiger partial charge in [-0.05, 0) is 34.7 Å². The molecule has 0 aromatic heterocycles. The molecule has 3 N–H and O–H groups in total. The van der Waals surface area contributed by atoms with Crippen molar-refractivity contribution >= 4 is 11.9 Å². The minimum Gasteiger partial charge on any atom is -0.449 e. The van der Waals surface area contributed by atoms with Crippen molar-refractivity contribution in [1.29, 1.82) is 0 Å². The van der Waals surface area contributed by atoms with Gasteiger partial charge in [0, 0.05) is 18.0 Å². The van der Waals surface area contributed by atoms with Crippen molar-refractivity contribution in [3.8, 4) is 11.1 Å². The van der Waals surface area contributed by atoms with Crippen LogP contribution in [0.4, 0.5) is 4.79 Å². The molecule has 1 aliphatic carbocycles. The zero-order valence-corrected chi connectivity index (χ0v) is 17.7. The molecule has 164 valence electrons. The molecule has 0 aliphatic heterocycles. The predicted molar refractivity (Wildman–Crippen MR) is 120 cm³/mol. The van der Waals surface area contributed by atoms with Gasteiger partial charge in [-0.2, -0.15) is 0 Å². The number of nitrogens with one attached hydrogen (secondary N) is 1. The molecule has 32 heavy (non-hydrogen) atoms. The lowest BCUT2D eigenvalue weighted by atomic mass is 9.96. The van der Waals surface area contributed by atoms with Gasteiger partial charge >= 0.3 is 6.09 Å². The third kappa shape index (κ3) is 4.28. The van der Waals surface area contributed by atoms with Gasteiger partial charge in [-0.25, -0.2) is 4.79 Å². The number of aliphatic hydroxyl groups excluding tert-OH is 2. The first-order valence-electron chi connectivity index (χ1n) is 10.5. The van der Waals surface area contributed by atoms with Crippen LogP contribution in [-0.2, 0) is 4.74 Å². The number of ether oxygens (including phenoxy) is 1. The Bertz CT molecular complexity index is 1100. The Balaban J connectivity index is 1.36. The van der Waals surface area contributed by atoms with E-state index in [0.29, 0.717) is 11.1 Å². The first-order chi connectivity index (χ1) is 15.5. The summed E-state index contributed by atoms with van der Waals surface area (Å²) in [7, 11) is 0. The summed E-state index contributed by atoms with van der Waals surface area (Å²) in [5.41, 5.74) is 5.15. The van der Waals surface area contributed by atoms with Crippen molar-refractivity contribution in [1.82, 2.24) is 5.32 Å². The highest BCUT2D eigenvalue weighted by molar-refractivity contribution is 5.95. The van der Waals surface area contributed by atoms with Crippen molar-refractivity contribution in [2.75, 3.05) is 13.2 Å². The van der Waals surface area contributed by atoms with Crippen LogP contribution in [0.2, 0.25) is 0 Å². The average molecular weight is 431 g/mol. The van der Waals surface area contributed by atoms with E-state index in [1.54, 1.807) is 24.3 Å². The Labute approximate surface area is 186 Å². The Morgan fingerprint density at radius 2 is 1.47 bits per heavy atom. The highest BCUT2D eigenvalue weighted by Crippen LogP contribution is 2.44. The fourth-order valence-corrected chi connectivity index (χ4v) is 4.23. The largest absolute Gasteiger partial charge is 0.449 e. The molecule has 2 unspecified atom stereocenters. The molecule has 1 aliphatic rings. The number of ketones is 1. The molecule has 0 heterocycles. The van der Waals surface area contributed by atoms with Crippen LogP contribution in [0.25, 0.3) is 11.1 Å². The number of carbonyl (C=O) groups is 2. The Morgan fingerprint density at radius 3 is 2.09 bits per heavy atom. The maximum atomic E-state index is 12.3. The quantitative estimate of drug-likeness (QED) is 0.494. The van der Waals surface area contributed by atoms with Gasteiger partial charge in [0.05, 0.1) is 0 Å². The normalized spacial score (nSPS) is 14.2. The molecular formula is C26H25NO5. The second kappa shape index (κ2) is 9.34. The predicted octanol–water partition coefficient (Wildman–Crippen LogP) is 3.82. The van der Waals surface area contributed by atoms with Crippen molar-refractivity contribution in [3.05, 3.63) is 95.1 Å². The average Bonchev–Trinajstić information content (AvgIpc) is 3.14. The van der Waals surface area contributed by atoms with Gasteiger partial charge in [-0.1, -0.05) is 72.8 Å². The van der Waals surface area contributed by atoms with E-state index in [2.05, 4.69) is 17.4 Å². The first kappa shape index (κ1) is 21.7. The minimum absolute atomic E-state index is 0.0638. The molecule has 0 radical (unpaired) electrons. The molecule has 3 aromatic rings. The zero-order chi connectivity index (χ0) is 22.7. The zero-order valence-electron chi connectivity index (χ0n) is 17.7. The van der Waals surface area contributed by atoms with Crippen LogP contribution in [0, 0.1) is 0 Å². The number of aliphatic hydroxyl groups is 2. The number of alkyl carbamates (subject to hydrolysis) is 1. The Kier molecular flexibility index (Phi) is 6.35. The summed E-state index contributed by atoms with van der Waals surface area (Å²) in [6.07, 6.45) is -3.29. The highest BCUT2D eigenvalue weighted by Gasteiger charge is 2.29. The lowest BCUT2D eigenvalue weighted by molar-refractivity contribution is 0.0181. The Hall–Kier alpha value is -3.48. The van der Waals surface area contributed by atoms with Crippen molar-refractivity contribution in [2.24, 2.45) is 0 Å². The van der Waals surface area contributed by atoms with Crippen LogP contribution in [0.15, 0.2) is 72.8 Å². The SMILES string of the molecule is CC(=O)c1ccccc1C(O)C(O)CNC(=O)OCC1c2ccccc2-c2ccccc21. The van der Waals surface area contributed by atoms with E-state index in [1.807, 2.05) is 36.4 Å². The van der Waals surface area contributed by atoms with E-state index in [4.69, 9.17) is 4.74 Å². The molecular weight excluding hydrogens is 406 g/mol. The summed E-state index contributed by atoms with van der Waals surface area (Å²) in [5.74, 6) is -0.276. The molecule has 0 bridgehead atoms. The smallest absolute Gasteiger partial charge is 0.407 e. The van der Waals surface area contributed by atoms with Crippen LogP contribution in [0.1, 0.15) is 46.0 Å². The molecule has 6 nitrogen and oxygen atoms in total. The summed E-state index contributed by atoms with van der Waals surface area (Å²) in [5, 5.41) is 23.3. The third-order valence-electron chi connectivity index (χ3n) is 5.82. The van der Waals surface area contributed by atoms with E-state index < -0.39 is 18.3 Å². The molecule has 0 saturated heterocycles. The molecule has 6 heteroatoms. The van der Waals surface area contributed by atoms with E-state index in [-0.39, 0.29) is 24.9 Å². The topological polar surface area (TPSA) is 95.9 Å². The lowest BCUT2D eigenvalue weighted by Crippen LogP contribution is -2.36. The van der Waals surface area contributed by atoms with E-state index in [1.165, 1.54) is 6.92 Å². The third-order valence-corrected chi connectivity index (χ3v) is 5.82. The number of fused-ring (bicyclic) bond motifs is 3. The summed E-state index contributed by atoms with van der Waals surface area (Å²) >= 11 is 0. The number of carbonyl (C=O) groups excluding carboxylic acids is 2. The van der Waals surface area contributed by atoms with E-state index >= 15 is 0 Å². The van der Waals surface area contributed by atoms with Crippen LogP contribution >= 0.6 is 0 Å². The van der Waals surface area contributed by atoms with Crippen molar-refractivity contribution in [3.63, 3.8) is 0 Å². The van der Waals surface area contributed by atoms with Crippen LogP contribution in [0.3, 0.4) is 0 Å². The maximum absolute atomic E-state index is 12.3. The van der Waals surface area contributed by atoms with Gasteiger partial charge in [0.1, 0.15) is 18.8 Å². The number of hydrogen-bond acceptors (Lipinski definition) is 5. The molecule has 1 amide bonds. The summed E-state index contributed by atoms with van der Waals surface area (Å²) in [4.78, 5) is 24.0. The second-order valence-electron chi connectivity index (χ2n) is 7.86. The number of Topliss-reactive ketones (excluding diaryl/α,β-unsaturated/α-hetero) is 1. The van der Waals surface area contributed by atoms with Gasteiger partial charge in [0.2, 0.25) is 0 Å². The number of hydrogen-bond donors (Lipinski definition) is 3. The van der Waals surface area contributed by atoms with Gasteiger partial charge in [0.15, 0.2) is 5.78 Å². The van der Waals surface area contributed by atoms with Crippen LogP contribution in [0.5, 0.6) is 0 Å². The van der Waals surface area contributed by atoms with Crippen LogP contribution < -0.4 is 5.32 Å². The standard InChI is InChI=1S/C26H25NO5/c1-16(28)17-8-2-7-13-22(17)25(30)24(29)14-27-26(31)32-15-23-20-11-5-3-9-18(20)19-10-4-6-12-21(19)23/h2-13,23-25,29-30H,14-15H2,1H3,(H,27,31). The second-order valence-corrected chi connectivity index (χ2v) is 7.86. The molecule has 0 fully saturated rings. The number of rotatable bonds is 7. The molecule has 2 atom stereocenters.